The van der Waals surface area contributed by atoms with E-state index >= 15 is 0 Å². The van der Waals surface area contributed by atoms with E-state index in [1.165, 1.54) is 6.26 Å². The van der Waals surface area contributed by atoms with Gasteiger partial charge in [-0.2, -0.15) is 0 Å². The van der Waals surface area contributed by atoms with Crippen LogP contribution in [0.15, 0.2) is 16.6 Å². The Morgan fingerprint density at radius 2 is 1.60 bits per heavy atom. The first kappa shape index (κ1) is 17.8. The van der Waals surface area contributed by atoms with Crippen LogP contribution in [0.2, 0.25) is 0 Å². The summed E-state index contributed by atoms with van der Waals surface area (Å²) in [5.74, 6) is 1.14. The van der Waals surface area contributed by atoms with Crippen molar-refractivity contribution < 1.29 is 17.9 Å². The van der Waals surface area contributed by atoms with E-state index in [-0.39, 0.29) is 4.83 Å². The third kappa shape index (κ3) is 3.31. The highest BCUT2D eigenvalue weighted by Crippen LogP contribution is 2.45. The van der Waals surface area contributed by atoms with Gasteiger partial charge in [0.25, 0.3) is 0 Å². The monoisotopic (exact) mass is 428 g/mol. The van der Waals surface area contributed by atoms with E-state index in [1.54, 1.807) is 40.2 Å². The van der Waals surface area contributed by atoms with Gasteiger partial charge in [-0.25, -0.2) is 8.42 Å². The van der Waals surface area contributed by atoms with Crippen LogP contribution in [0.3, 0.4) is 0 Å². The predicted molar refractivity (Wildman–Crippen MR) is 87.8 cm³/mol. The van der Waals surface area contributed by atoms with Crippen LogP contribution in [0, 0.1) is 0 Å². The van der Waals surface area contributed by atoms with Gasteiger partial charge >= 0.3 is 0 Å². The van der Waals surface area contributed by atoms with Crippen molar-refractivity contribution in [1.82, 2.24) is 0 Å². The zero-order valence-electron chi connectivity index (χ0n) is 12.0. The molecule has 0 fully saturated rings. The fourth-order valence-electron chi connectivity index (χ4n) is 1.63. The van der Waals surface area contributed by atoms with Gasteiger partial charge in [-0.1, -0.05) is 31.9 Å². The molecule has 0 aliphatic carbocycles. The summed E-state index contributed by atoms with van der Waals surface area (Å²) < 4.78 is 34.2. The smallest absolute Gasteiger partial charge is 0.161 e. The van der Waals surface area contributed by atoms with Crippen molar-refractivity contribution in [2.45, 2.75) is 23.4 Å². The highest BCUT2D eigenvalue weighted by Gasteiger charge is 2.39. The van der Waals surface area contributed by atoms with E-state index in [0.29, 0.717) is 11.5 Å². The van der Waals surface area contributed by atoms with E-state index in [1.807, 2.05) is 0 Å². The molecule has 1 aromatic carbocycles. The fourth-order valence-corrected chi connectivity index (χ4v) is 4.39. The van der Waals surface area contributed by atoms with Crippen LogP contribution in [-0.2, 0) is 9.84 Å². The quantitative estimate of drug-likeness (QED) is 0.669. The molecule has 0 spiro atoms. The summed E-state index contributed by atoms with van der Waals surface area (Å²) in [5, 5.41) is 0. The molecule has 0 aromatic heterocycles. The number of ether oxygens (including phenoxy) is 2. The summed E-state index contributed by atoms with van der Waals surface area (Å²) >= 11 is 6.95. The molecule has 1 aromatic rings. The van der Waals surface area contributed by atoms with Crippen molar-refractivity contribution in [2.24, 2.45) is 0 Å². The molecule has 1 atom stereocenters. The first-order valence-electron chi connectivity index (χ1n) is 5.81. The largest absolute Gasteiger partial charge is 0.493 e. The third-order valence-electron chi connectivity index (χ3n) is 3.34. The minimum absolute atomic E-state index is 0.390. The maximum absolute atomic E-state index is 12.0. The molecule has 0 bridgehead atoms. The molecule has 0 aliphatic rings. The molecular weight excluding hydrogens is 412 g/mol. The van der Waals surface area contributed by atoms with Crippen molar-refractivity contribution in [3.8, 4) is 11.5 Å². The minimum atomic E-state index is -3.24. The van der Waals surface area contributed by atoms with E-state index in [2.05, 4.69) is 31.9 Å². The van der Waals surface area contributed by atoms with E-state index < -0.39 is 14.6 Å². The lowest BCUT2D eigenvalue weighted by atomic mass is 10.0. The summed E-state index contributed by atoms with van der Waals surface area (Å²) in [6.45, 7) is 3.37. The highest BCUT2D eigenvalue weighted by atomic mass is 79.9. The summed E-state index contributed by atoms with van der Waals surface area (Å²) in [4.78, 5) is -0.390. The Kier molecular flexibility index (Phi) is 5.54. The van der Waals surface area contributed by atoms with Crippen LogP contribution in [0.4, 0.5) is 0 Å². The summed E-state index contributed by atoms with van der Waals surface area (Å²) in [6.07, 6.45) is 1.23. The third-order valence-corrected chi connectivity index (χ3v) is 8.12. The Hall–Kier alpha value is -0.270. The molecule has 0 radical (unpaired) electrons. The lowest BCUT2D eigenvalue weighted by Gasteiger charge is -2.29. The van der Waals surface area contributed by atoms with Crippen LogP contribution < -0.4 is 9.47 Å². The van der Waals surface area contributed by atoms with E-state index in [0.717, 1.165) is 10.0 Å². The molecule has 4 nitrogen and oxygen atoms in total. The first-order valence-corrected chi connectivity index (χ1v) is 9.41. The van der Waals surface area contributed by atoms with Crippen molar-refractivity contribution in [3.05, 3.63) is 22.2 Å². The van der Waals surface area contributed by atoms with Crippen molar-refractivity contribution >= 4 is 41.7 Å². The summed E-state index contributed by atoms with van der Waals surface area (Å²) in [7, 11) is -0.148. The Bertz CT molecular complexity index is 597. The fraction of sp³-hybridized carbons (Fsp3) is 0.538. The number of benzene rings is 1. The molecule has 0 heterocycles. The standard InChI is InChI=1S/C13H18Br2O4S/c1-13(2,20(5,16)17)12(15)8-6-10(18-3)11(19-4)7-9(8)14/h6-7,12H,1-5H3. The van der Waals surface area contributed by atoms with Gasteiger partial charge in [0.15, 0.2) is 21.3 Å². The molecule has 7 heteroatoms. The van der Waals surface area contributed by atoms with Gasteiger partial charge in [-0.3, -0.25) is 0 Å². The molecule has 0 amide bonds. The van der Waals surface area contributed by atoms with Crippen molar-refractivity contribution in [2.75, 3.05) is 20.5 Å². The molecule has 20 heavy (non-hydrogen) atoms. The van der Waals surface area contributed by atoms with Gasteiger partial charge < -0.3 is 9.47 Å². The second-order valence-corrected chi connectivity index (χ2v) is 9.33. The Labute approximate surface area is 137 Å². The zero-order valence-corrected chi connectivity index (χ0v) is 16.0. The number of alkyl halides is 1. The van der Waals surface area contributed by atoms with Crippen LogP contribution in [0.25, 0.3) is 0 Å². The van der Waals surface area contributed by atoms with Gasteiger partial charge in [0.2, 0.25) is 0 Å². The van der Waals surface area contributed by atoms with Crippen LogP contribution in [0.1, 0.15) is 24.2 Å². The Morgan fingerprint density at radius 3 is 2.00 bits per heavy atom. The SMILES string of the molecule is COc1cc(Br)c(C(Br)C(C)(C)S(C)(=O)=O)cc1OC. The van der Waals surface area contributed by atoms with Gasteiger partial charge in [-0.15, -0.1) is 0 Å². The molecule has 1 unspecified atom stereocenters. The molecule has 0 saturated carbocycles. The van der Waals surface area contributed by atoms with Crippen molar-refractivity contribution in [1.29, 1.82) is 0 Å². The van der Waals surface area contributed by atoms with Crippen LogP contribution >= 0.6 is 31.9 Å². The summed E-state index contributed by atoms with van der Waals surface area (Å²) in [5.41, 5.74) is 0.790. The molecule has 0 saturated heterocycles. The van der Waals surface area contributed by atoms with Crippen LogP contribution in [0.5, 0.6) is 11.5 Å². The van der Waals surface area contributed by atoms with E-state index in [4.69, 9.17) is 9.47 Å². The average molecular weight is 430 g/mol. The van der Waals surface area contributed by atoms with Crippen LogP contribution in [-0.4, -0.2) is 33.6 Å². The number of hydrogen-bond donors (Lipinski definition) is 0. The van der Waals surface area contributed by atoms with E-state index in [9.17, 15) is 8.42 Å². The number of rotatable bonds is 5. The minimum Gasteiger partial charge on any atom is -0.493 e. The van der Waals surface area contributed by atoms with Gasteiger partial charge in [0.05, 0.1) is 23.8 Å². The molecule has 0 aliphatic heterocycles. The number of sulfone groups is 1. The Balaban J connectivity index is 3.41. The topological polar surface area (TPSA) is 52.6 Å². The van der Waals surface area contributed by atoms with Gasteiger partial charge in [-0.05, 0) is 31.5 Å². The van der Waals surface area contributed by atoms with Gasteiger partial charge in [0.1, 0.15) is 0 Å². The first-order chi connectivity index (χ1) is 9.06. The molecule has 1 rings (SSSR count). The highest BCUT2D eigenvalue weighted by molar-refractivity contribution is 9.11. The zero-order chi connectivity index (χ0) is 15.7. The summed E-state index contributed by atoms with van der Waals surface area (Å²) in [6, 6.07) is 3.54. The lowest BCUT2D eigenvalue weighted by molar-refractivity contribution is 0.354. The van der Waals surface area contributed by atoms with Crippen molar-refractivity contribution in [3.63, 3.8) is 0 Å². The molecule has 0 N–H and O–H groups in total. The molecular formula is C13H18Br2O4S. The lowest BCUT2D eigenvalue weighted by Crippen LogP contribution is -2.35. The normalized spacial score (nSPS) is 13.9. The predicted octanol–water partition coefficient (Wildman–Crippen LogP) is 3.73. The van der Waals surface area contributed by atoms with Gasteiger partial charge in [0, 0.05) is 10.7 Å². The Morgan fingerprint density at radius 1 is 1.15 bits per heavy atom. The second kappa shape index (κ2) is 6.23. The second-order valence-electron chi connectivity index (χ2n) is 4.97. The number of halogens is 2. The number of methoxy groups -OCH3 is 2. The maximum atomic E-state index is 12.0. The number of hydrogen-bond acceptors (Lipinski definition) is 4. The maximum Gasteiger partial charge on any atom is 0.161 e. The molecule has 114 valence electrons. The average Bonchev–Trinajstić information content (AvgIpc) is 2.36.